The molecule has 0 rings (SSSR count). The number of unbranched alkanes of at least 4 members (excludes halogenated alkanes) is 24. The molecule has 0 saturated carbocycles. The van der Waals surface area contributed by atoms with E-state index in [0.29, 0.717) is 6.42 Å². The van der Waals surface area contributed by atoms with Gasteiger partial charge in [-0.3, -0.25) is 0 Å². The summed E-state index contributed by atoms with van der Waals surface area (Å²) in [6, 6.07) is 0. The molecule has 3 heteroatoms. The molecular weight excluding hydrogens is 443 g/mol. The molecule has 0 amide bonds. The first-order valence-corrected chi connectivity index (χ1v) is 15.3. The first kappa shape index (κ1) is 31.9. The Hall–Kier alpha value is 0.870. The fraction of sp³-hybridized carbons (Fsp3) is 1.00. The minimum Gasteiger partial charge on any atom is -0.0837 e. The standard InChI is InChI=1S/C28H55Cl3/c1-2-3-4-5-6-7-8-9-10-11-12-13-14-15-16-17-18-19-20-21-22-23-24-25-26-27-28(29,30)31/h2-27H2,1H3. The molecular formula is C28H55Cl3. The molecule has 0 aromatic carbocycles. The summed E-state index contributed by atoms with van der Waals surface area (Å²) >= 11 is 17.3. The number of rotatable bonds is 25. The molecule has 0 saturated heterocycles. The Balaban J connectivity index is 3.02. The van der Waals surface area contributed by atoms with Crippen LogP contribution < -0.4 is 0 Å². The minimum atomic E-state index is -1.05. The van der Waals surface area contributed by atoms with E-state index in [1.54, 1.807) is 0 Å². The monoisotopic (exact) mass is 496 g/mol. The Morgan fingerprint density at radius 2 is 0.516 bits per heavy atom. The van der Waals surface area contributed by atoms with Gasteiger partial charge in [0.25, 0.3) is 0 Å². The highest BCUT2D eigenvalue weighted by molar-refractivity contribution is 6.67. The van der Waals surface area contributed by atoms with Gasteiger partial charge < -0.3 is 0 Å². The van der Waals surface area contributed by atoms with Crippen molar-refractivity contribution in [1.82, 2.24) is 0 Å². The maximum atomic E-state index is 5.77. The van der Waals surface area contributed by atoms with Gasteiger partial charge >= 0.3 is 0 Å². The molecule has 0 bridgehead atoms. The third kappa shape index (κ3) is 30.9. The van der Waals surface area contributed by atoms with Gasteiger partial charge in [-0.1, -0.05) is 196 Å². The van der Waals surface area contributed by atoms with Crippen LogP contribution in [0.25, 0.3) is 0 Å². The van der Waals surface area contributed by atoms with E-state index in [2.05, 4.69) is 6.92 Å². The van der Waals surface area contributed by atoms with Gasteiger partial charge in [-0.15, -0.1) is 0 Å². The van der Waals surface area contributed by atoms with E-state index in [1.807, 2.05) is 0 Å². The van der Waals surface area contributed by atoms with Gasteiger partial charge in [0.15, 0.2) is 3.79 Å². The lowest BCUT2D eigenvalue weighted by Gasteiger charge is -2.09. The molecule has 0 aromatic rings. The highest BCUT2D eigenvalue weighted by atomic mass is 35.6. The summed E-state index contributed by atoms with van der Waals surface area (Å²) in [5, 5.41) is 0. The van der Waals surface area contributed by atoms with Crippen molar-refractivity contribution in [2.75, 3.05) is 0 Å². The SMILES string of the molecule is CCCCCCCCCCCCCCCCCCCCCCCCCCCC(Cl)(Cl)Cl. The van der Waals surface area contributed by atoms with Crippen LogP contribution in [-0.2, 0) is 0 Å². The van der Waals surface area contributed by atoms with Gasteiger partial charge in [-0.05, 0) is 12.8 Å². The minimum absolute atomic E-state index is 0.691. The third-order valence-corrected chi connectivity index (χ3v) is 7.13. The molecule has 0 aromatic heterocycles. The largest absolute Gasteiger partial charge is 0.190 e. The number of halogens is 3. The molecule has 0 heterocycles. The van der Waals surface area contributed by atoms with Gasteiger partial charge in [-0.25, -0.2) is 0 Å². The van der Waals surface area contributed by atoms with Crippen molar-refractivity contribution >= 4 is 34.8 Å². The maximum absolute atomic E-state index is 5.77. The van der Waals surface area contributed by atoms with Crippen molar-refractivity contribution in [3.63, 3.8) is 0 Å². The van der Waals surface area contributed by atoms with Crippen molar-refractivity contribution in [2.24, 2.45) is 0 Å². The summed E-state index contributed by atoms with van der Waals surface area (Å²) in [7, 11) is 0. The predicted molar refractivity (Wildman–Crippen MR) is 146 cm³/mol. The summed E-state index contributed by atoms with van der Waals surface area (Å²) in [6.45, 7) is 2.30. The summed E-state index contributed by atoms with van der Waals surface area (Å²) < 4.78 is -1.05. The average Bonchev–Trinajstić information content (AvgIpc) is 2.73. The fourth-order valence-electron chi connectivity index (χ4n) is 4.46. The van der Waals surface area contributed by atoms with Crippen LogP contribution in [0.4, 0.5) is 0 Å². The van der Waals surface area contributed by atoms with Crippen LogP contribution in [0, 0.1) is 0 Å². The molecule has 0 radical (unpaired) electrons. The van der Waals surface area contributed by atoms with Crippen molar-refractivity contribution < 1.29 is 0 Å². The summed E-state index contributed by atoms with van der Waals surface area (Å²) in [6.07, 6.45) is 36.0. The Kier molecular flexibility index (Phi) is 26.2. The Morgan fingerprint density at radius 3 is 0.710 bits per heavy atom. The molecule has 0 unspecified atom stereocenters. The van der Waals surface area contributed by atoms with Crippen LogP contribution in [0.3, 0.4) is 0 Å². The lowest BCUT2D eigenvalue weighted by molar-refractivity contribution is 0.515. The molecule has 0 aliphatic heterocycles. The quantitative estimate of drug-likeness (QED) is 0.0868. The Labute approximate surface area is 212 Å². The fourth-order valence-corrected chi connectivity index (χ4v) is 4.87. The van der Waals surface area contributed by atoms with E-state index >= 15 is 0 Å². The molecule has 0 aliphatic carbocycles. The van der Waals surface area contributed by atoms with Crippen molar-refractivity contribution in [3.8, 4) is 0 Å². The Bertz CT molecular complexity index is 325. The molecule has 0 N–H and O–H groups in total. The lowest BCUT2D eigenvalue weighted by Crippen LogP contribution is -2.00. The van der Waals surface area contributed by atoms with Crippen LogP contribution in [-0.4, -0.2) is 3.79 Å². The zero-order valence-corrected chi connectivity index (χ0v) is 23.3. The van der Waals surface area contributed by atoms with Crippen LogP contribution in [0.1, 0.15) is 174 Å². The van der Waals surface area contributed by atoms with Gasteiger partial charge in [0.1, 0.15) is 0 Å². The molecule has 0 atom stereocenters. The van der Waals surface area contributed by atoms with E-state index in [-0.39, 0.29) is 0 Å². The van der Waals surface area contributed by atoms with Crippen LogP contribution in [0.2, 0.25) is 0 Å². The lowest BCUT2D eigenvalue weighted by atomic mass is 10.0. The zero-order chi connectivity index (χ0) is 22.9. The summed E-state index contributed by atoms with van der Waals surface area (Å²) in [4.78, 5) is 0. The van der Waals surface area contributed by atoms with Gasteiger partial charge in [0.05, 0.1) is 0 Å². The van der Waals surface area contributed by atoms with Crippen LogP contribution in [0.15, 0.2) is 0 Å². The van der Waals surface area contributed by atoms with Crippen molar-refractivity contribution in [3.05, 3.63) is 0 Å². The van der Waals surface area contributed by atoms with Gasteiger partial charge in [0, 0.05) is 0 Å². The molecule has 0 aliphatic rings. The second-order valence-electron chi connectivity index (χ2n) is 9.85. The average molecular weight is 498 g/mol. The molecule has 0 nitrogen and oxygen atoms in total. The number of hydrogen-bond donors (Lipinski definition) is 0. The normalized spacial score (nSPS) is 12.0. The van der Waals surface area contributed by atoms with E-state index in [4.69, 9.17) is 34.8 Å². The molecule has 31 heavy (non-hydrogen) atoms. The van der Waals surface area contributed by atoms with Crippen LogP contribution in [0.5, 0.6) is 0 Å². The number of hydrogen-bond acceptors (Lipinski definition) is 0. The van der Waals surface area contributed by atoms with Gasteiger partial charge in [-0.2, -0.15) is 0 Å². The first-order chi connectivity index (χ1) is 15.1. The second-order valence-corrected chi connectivity index (χ2v) is 12.4. The molecule has 188 valence electrons. The Morgan fingerprint density at radius 1 is 0.323 bits per heavy atom. The molecule has 0 spiro atoms. The predicted octanol–water partition coefficient (Wildman–Crippen LogP) is 12.5. The van der Waals surface area contributed by atoms with E-state index < -0.39 is 3.79 Å². The van der Waals surface area contributed by atoms with E-state index in [0.717, 1.165) is 6.42 Å². The second kappa shape index (κ2) is 25.5. The summed E-state index contributed by atoms with van der Waals surface area (Å²) in [5.41, 5.74) is 0. The number of alkyl halides is 3. The van der Waals surface area contributed by atoms with E-state index in [9.17, 15) is 0 Å². The smallest absolute Gasteiger partial charge is 0.0837 e. The highest BCUT2D eigenvalue weighted by Gasteiger charge is 2.17. The van der Waals surface area contributed by atoms with Crippen molar-refractivity contribution in [2.45, 2.75) is 178 Å². The van der Waals surface area contributed by atoms with Gasteiger partial charge in [0.2, 0.25) is 0 Å². The van der Waals surface area contributed by atoms with E-state index in [1.165, 1.54) is 154 Å². The van der Waals surface area contributed by atoms with Crippen LogP contribution >= 0.6 is 34.8 Å². The third-order valence-electron chi connectivity index (χ3n) is 6.56. The zero-order valence-electron chi connectivity index (χ0n) is 21.0. The van der Waals surface area contributed by atoms with Crippen molar-refractivity contribution in [1.29, 1.82) is 0 Å². The highest BCUT2D eigenvalue weighted by Crippen LogP contribution is 2.32. The topological polar surface area (TPSA) is 0 Å². The summed E-state index contributed by atoms with van der Waals surface area (Å²) in [5.74, 6) is 0. The maximum Gasteiger partial charge on any atom is 0.190 e. The molecule has 0 fully saturated rings. The first-order valence-electron chi connectivity index (χ1n) is 14.1.